The van der Waals surface area contributed by atoms with Crippen molar-refractivity contribution in [2.75, 3.05) is 5.88 Å². The number of oxazole rings is 1. The number of aryl methyl sites for hydroxylation is 2. The molecule has 110 valence electrons. The molecule has 0 saturated heterocycles. The van der Waals surface area contributed by atoms with Gasteiger partial charge in [-0.3, -0.25) is 0 Å². The van der Waals surface area contributed by atoms with E-state index in [1.54, 1.807) is 12.3 Å². The molecular weight excluding hydrogens is 293 g/mol. The van der Waals surface area contributed by atoms with E-state index in [0.29, 0.717) is 30.3 Å². The van der Waals surface area contributed by atoms with Gasteiger partial charge in [0, 0.05) is 18.7 Å². The van der Waals surface area contributed by atoms with Gasteiger partial charge in [-0.05, 0) is 12.1 Å². The number of halogens is 2. The second-order valence-corrected chi connectivity index (χ2v) is 5.11. The van der Waals surface area contributed by atoms with Gasteiger partial charge in [0.25, 0.3) is 0 Å². The molecule has 2 heterocycles. The smallest absolute Gasteiger partial charge is 0.214 e. The second kappa shape index (κ2) is 5.85. The van der Waals surface area contributed by atoms with Crippen molar-refractivity contribution in [2.24, 2.45) is 0 Å². The van der Waals surface area contributed by atoms with Gasteiger partial charge in [-0.25, -0.2) is 14.4 Å². The van der Waals surface area contributed by atoms with Crippen molar-refractivity contribution in [3.8, 4) is 0 Å². The third-order valence-corrected chi connectivity index (χ3v) is 3.56. The van der Waals surface area contributed by atoms with Crippen LogP contribution in [0.25, 0.3) is 11.0 Å². The molecule has 0 atom stereocenters. The number of fused-ring (bicyclic) bond motifs is 1. The number of hydrogen-bond donors (Lipinski definition) is 0. The van der Waals surface area contributed by atoms with Crippen LogP contribution in [0, 0.1) is 5.82 Å². The summed E-state index contributed by atoms with van der Waals surface area (Å²) < 4.78 is 21.4. The van der Waals surface area contributed by atoms with E-state index in [0.717, 1.165) is 23.5 Å². The first-order valence-electron chi connectivity index (χ1n) is 6.86. The molecule has 0 radical (unpaired) electrons. The summed E-state index contributed by atoms with van der Waals surface area (Å²) in [5, 5.41) is 0. The van der Waals surface area contributed by atoms with Crippen molar-refractivity contribution in [1.82, 2.24) is 14.5 Å². The zero-order chi connectivity index (χ0) is 14.8. The Morgan fingerprint density at radius 3 is 2.95 bits per heavy atom. The summed E-state index contributed by atoms with van der Waals surface area (Å²) in [7, 11) is 0. The monoisotopic (exact) mass is 307 g/mol. The lowest BCUT2D eigenvalue weighted by Gasteiger charge is -2.05. The Bertz CT molecular complexity index is 765. The minimum absolute atomic E-state index is 0.330. The molecule has 0 aliphatic rings. The first kappa shape index (κ1) is 14.1. The molecule has 0 bridgehead atoms. The minimum Gasteiger partial charge on any atom is -0.444 e. The van der Waals surface area contributed by atoms with Gasteiger partial charge in [-0.1, -0.05) is 13.0 Å². The Kier molecular flexibility index (Phi) is 3.92. The quantitative estimate of drug-likeness (QED) is 0.677. The Labute approximate surface area is 126 Å². The summed E-state index contributed by atoms with van der Waals surface area (Å²) >= 11 is 5.82. The highest BCUT2D eigenvalue weighted by Gasteiger charge is 2.15. The molecular formula is C15H15ClFN3O. The van der Waals surface area contributed by atoms with Crippen LogP contribution in [0.15, 0.2) is 28.8 Å². The maximum Gasteiger partial charge on any atom is 0.214 e. The zero-order valence-electron chi connectivity index (χ0n) is 11.6. The van der Waals surface area contributed by atoms with Gasteiger partial charge in [-0.15, -0.1) is 11.6 Å². The van der Waals surface area contributed by atoms with E-state index in [4.69, 9.17) is 16.0 Å². The largest absolute Gasteiger partial charge is 0.444 e. The molecule has 0 aliphatic carbocycles. The van der Waals surface area contributed by atoms with Crippen molar-refractivity contribution < 1.29 is 8.81 Å². The van der Waals surface area contributed by atoms with Crippen molar-refractivity contribution in [3.05, 3.63) is 47.7 Å². The average Bonchev–Trinajstić information content (AvgIpc) is 3.07. The first-order valence-corrected chi connectivity index (χ1v) is 7.39. The van der Waals surface area contributed by atoms with Crippen LogP contribution in [0.3, 0.4) is 0 Å². The van der Waals surface area contributed by atoms with Gasteiger partial charge in [0.2, 0.25) is 5.89 Å². The molecule has 0 unspecified atom stereocenters. The number of para-hydroxylation sites is 1. The Balaban J connectivity index is 2.06. The molecule has 0 N–H and O–H groups in total. The van der Waals surface area contributed by atoms with Gasteiger partial charge in [0.05, 0.1) is 11.7 Å². The molecule has 21 heavy (non-hydrogen) atoms. The molecule has 0 saturated carbocycles. The Morgan fingerprint density at radius 2 is 2.24 bits per heavy atom. The molecule has 1 aromatic carbocycles. The summed E-state index contributed by atoms with van der Waals surface area (Å²) in [6.45, 7) is 2.43. The van der Waals surface area contributed by atoms with Gasteiger partial charge >= 0.3 is 0 Å². The van der Waals surface area contributed by atoms with Gasteiger partial charge in [-0.2, -0.15) is 0 Å². The molecule has 4 nitrogen and oxygen atoms in total. The van der Waals surface area contributed by atoms with Crippen LogP contribution in [-0.2, 0) is 19.4 Å². The SMILES string of the molecule is CCc1cnc(Cn2c(CCCl)nc3c(F)cccc32)o1. The highest BCUT2D eigenvalue weighted by atomic mass is 35.5. The van der Waals surface area contributed by atoms with E-state index in [1.165, 1.54) is 6.07 Å². The molecule has 3 rings (SSSR count). The Hall–Kier alpha value is -1.88. The number of hydrogen-bond acceptors (Lipinski definition) is 3. The average molecular weight is 308 g/mol. The van der Waals surface area contributed by atoms with Crippen LogP contribution in [0.1, 0.15) is 24.4 Å². The molecule has 0 amide bonds. The second-order valence-electron chi connectivity index (χ2n) is 4.73. The van der Waals surface area contributed by atoms with Crippen LogP contribution in [0.4, 0.5) is 4.39 Å². The van der Waals surface area contributed by atoms with E-state index < -0.39 is 0 Å². The van der Waals surface area contributed by atoms with Crippen LogP contribution >= 0.6 is 11.6 Å². The molecule has 0 aliphatic heterocycles. The molecule has 3 aromatic rings. The third-order valence-electron chi connectivity index (χ3n) is 3.37. The third kappa shape index (κ3) is 2.65. The van der Waals surface area contributed by atoms with Crippen molar-refractivity contribution in [3.63, 3.8) is 0 Å². The number of rotatable bonds is 5. The van der Waals surface area contributed by atoms with Gasteiger partial charge in [0.15, 0.2) is 5.82 Å². The number of alkyl halides is 1. The molecule has 0 fully saturated rings. The van der Waals surface area contributed by atoms with Crippen LogP contribution < -0.4 is 0 Å². The normalized spacial score (nSPS) is 11.4. The Morgan fingerprint density at radius 1 is 1.38 bits per heavy atom. The maximum absolute atomic E-state index is 13.9. The number of benzene rings is 1. The van der Waals surface area contributed by atoms with E-state index in [1.807, 2.05) is 17.6 Å². The number of imidazole rings is 1. The topological polar surface area (TPSA) is 43.9 Å². The maximum atomic E-state index is 13.9. The van der Waals surface area contributed by atoms with E-state index in [9.17, 15) is 4.39 Å². The van der Waals surface area contributed by atoms with E-state index in [-0.39, 0.29) is 5.82 Å². The lowest BCUT2D eigenvalue weighted by molar-refractivity contribution is 0.445. The van der Waals surface area contributed by atoms with Gasteiger partial charge in [0.1, 0.15) is 23.6 Å². The fraction of sp³-hybridized carbons (Fsp3) is 0.333. The van der Waals surface area contributed by atoms with Crippen LogP contribution in [0.2, 0.25) is 0 Å². The zero-order valence-corrected chi connectivity index (χ0v) is 12.4. The lowest BCUT2D eigenvalue weighted by Crippen LogP contribution is -2.06. The lowest BCUT2D eigenvalue weighted by atomic mass is 10.3. The summed E-state index contributed by atoms with van der Waals surface area (Å²) in [4.78, 5) is 8.61. The summed E-state index contributed by atoms with van der Waals surface area (Å²) in [5.74, 6) is 2.26. The molecule has 0 spiro atoms. The molecule has 6 heteroatoms. The van der Waals surface area contributed by atoms with Crippen molar-refractivity contribution in [2.45, 2.75) is 26.3 Å². The fourth-order valence-electron chi connectivity index (χ4n) is 2.33. The van der Waals surface area contributed by atoms with Crippen LogP contribution in [-0.4, -0.2) is 20.4 Å². The predicted molar refractivity (Wildman–Crippen MR) is 79.1 cm³/mol. The standard InChI is InChI=1S/C15H15ClFN3O/c1-2-10-8-18-14(21-10)9-20-12-5-3-4-11(17)15(12)19-13(20)6-7-16/h3-5,8H,2,6-7,9H2,1H3. The van der Waals surface area contributed by atoms with Crippen LogP contribution in [0.5, 0.6) is 0 Å². The molecule has 2 aromatic heterocycles. The predicted octanol–water partition coefficient (Wildman–Crippen LogP) is 3.56. The number of aromatic nitrogens is 3. The summed E-state index contributed by atoms with van der Waals surface area (Å²) in [5.41, 5.74) is 1.09. The fourth-order valence-corrected chi connectivity index (χ4v) is 2.50. The highest BCUT2D eigenvalue weighted by Crippen LogP contribution is 2.21. The number of nitrogens with zero attached hydrogens (tertiary/aromatic N) is 3. The van der Waals surface area contributed by atoms with E-state index in [2.05, 4.69) is 9.97 Å². The summed E-state index contributed by atoms with van der Waals surface area (Å²) in [6, 6.07) is 4.92. The highest BCUT2D eigenvalue weighted by molar-refractivity contribution is 6.17. The minimum atomic E-state index is -0.330. The van der Waals surface area contributed by atoms with Crippen molar-refractivity contribution in [1.29, 1.82) is 0 Å². The van der Waals surface area contributed by atoms with Crippen molar-refractivity contribution >= 4 is 22.6 Å². The summed E-state index contributed by atoms with van der Waals surface area (Å²) in [6.07, 6.45) is 3.08. The first-order chi connectivity index (χ1) is 10.2. The van der Waals surface area contributed by atoms with Gasteiger partial charge < -0.3 is 8.98 Å². The van der Waals surface area contributed by atoms with E-state index >= 15 is 0 Å².